The quantitative estimate of drug-likeness (QED) is 0.492. The Morgan fingerprint density at radius 3 is 2.53 bits per heavy atom. The fourth-order valence-corrected chi connectivity index (χ4v) is 1.66. The second-order valence-corrected chi connectivity index (χ2v) is 4.81. The molecule has 6 heteroatoms. The van der Waals surface area contributed by atoms with Gasteiger partial charge in [0.1, 0.15) is 24.9 Å². The first-order valence-corrected chi connectivity index (χ1v) is 5.86. The van der Waals surface area contributed by atoms with E-state index in [1.807, 2.05) is 13.8 Å². The average Bonchev–Trinajstić information content (AvgIpc) is 2.29. The Labute approximate surface area is 101 Å². The fraction of sp³-hybridized carbons (Fsp3) is 1.00. The van der Waals surface area contributed by atoms with Crippen molar-refractivity contribution < 1.29 is 29.9 Å². The predicted octanol–water partition coefficient (Wildman–Crippen LogP) is -1.15. The van der Waals surface area contributed by atoms with Crippen LogP contribution >= 0.6 is 0 Å². The van der Waals surface area contributed by atoms with Gasteiger partial charge in [-0.2, -0.15) is 0 Å². The molecule has 0 aliphatic carbocycles. The molecule has 0 saturated carbocycles. The van der Waals surface area contributed by atoms with E-state index >= 15 is 0 Å². The van der Waals surface area contributed by atoms with Crippen molar-refractivity contribution >= 4 is 0 Å². The van der Waals surface area contributed by atoms with Gasteiger partial charge in [-0.1, -0.05) is 13.8 Å². The predicted molar refractivity (Wildman–Crippen MR) is 59.2 cm³/mol. The zero-order chi connectivity index (χ0) is 13.1. The largest absolute Gasteiger partial charge is 0.391 e. The standard InChI is InChI=1S/C11H22O6/c1-7(2)3-4-16-11(6-12)10(15)9(14)8(13)5-17-11/h7-10,12-15H,3-6H2,1-2H3/t8-,9-,10+,11-/m1/s1. The monoisotopic (exact) mass is 250 g/mol. The number of ether oxygens (including phenoxy) is 2. The van der Waals surface area contributed by atoms with Gasteiger partial charge in [0.25, 0.3) is 0 Å². The molecule has 102 valence electrons. The third-order valence-electron chi connectivity index (χ3n) is 2.93. The van der Waals surface area contributed by atoms with E-state index in [0.717, 1.165) is 6.42 Å². The third-order valence-corrected chi connectivity index (χ3v) is 2.93. The van der Waals surface area contributed by atoms with E-state index in [0.29, 0.717) is 12.5 Å². The molecule has 1 saturated heterocycles. The number of rotatable bonds is 5. The highest BCUT2D eigenvalue weighted by Crippen LogP contribution is 2.27. The first-order chi connectivity index (χ1) is 7.93. The van der Waals surface area contributed by atoms with E-state index in [9.17, 15) is 20.4 Å². The molecule has 4 atom stereocenters. The molecule has 17 heavy (non-hydrogen) atoms. The Bertz CT molecular complexity index is 234. The Hall–Kier alpha value is -0.240. The highest BCUT2D eigenvalue weighted by molar-refractivity contribution is 4.92. The molecule has 1 aliphatic heterocycles. The van der Waals surface area contributed by atoms with Crippen LogP contribution in [-0.2, 0) is 9.47 Å². The average molecular weight is 250 g/mol. The molecule has 4 N–H and O–H groups in total. The molecule has 0 radical (unpaired) electrons. The first-order valence-electron chi connectivity index (χ1n) is 5.86. The van der Waals surface area contributed by atoms with Crippen LogP contribution in [0.25, 0.3) is 0 Å². The lowest BCUT2D eigenvalue weighted by Gasteiger charge is -2.43. The van der Waals surface area contributed by atoms with Crippen LogP contribution in [0.15, 0.2) is 0 Å². The fourth-order valence-electron chi connectivity index (χ4n) is 1.66. The van der Waals surface area contributed by atoms with Crippen molar-refractivity contribution in [3.05, 3.63) is 0 Å². The van der Waals surface area contributed by atoms with E-state index in [4.69, 9.17) is 9.47 Å². The van der Waals surface area contributed by atoms with Gasteiger partial charge in [0.15, 0.2) is 0 Å². The molecule has 1 fully saturated rings. The summed E-state index contributed by atoms with van der Waals surface area (Å²) in [5, 5.41) is 37.9. The van der Waals surface area contributed by atoms with Crippen molar-refractivity contribution in [2.75, 3.05) is 19.8 Å². The molecule has 0 spiro atoms. The molecule has 0 unspecified atom stereocenters. The third kappa shape index (κ3) is 3.37. The van der Waals surface area contributed by atoms with Crippen LogP contribution in [0, 0.1) is 5.92 Å². The Morgan fingerprint density at radius 1 is 1.35 bits per heavy atom. The molecule has 1 aliphatic rings. The van der Waals surface area contributed by atoms with E-state index in [-0.39, 0.29) is 6.61 Å². The van der Waals surface area contributed by atoms with Crippen LogP contribution in [0.3, 0.4) is 0 Å². The van der Waals surface area contributed by atoms with Crippen LogP contribution in [0.2, 0.25) is 0 Å². The summed E-state index contributed by atoms with van der Waals surface area (Å²) in [6.45, 7) is 3.59. The van der Waals surface area contributed by atoms with Gasteiger partial charge in [-0.25, -0.2) is 0 Å². The highest BCUT2D eigenvalue weighted by Gasteiger charge is 2.50. The van der Waals surface area contributed by atoms with Gasteiger partial charge in [0.2, 0.25) is 5.79 Å². The molecule has 1 heterocycles. The smallest absolute Gasteiger partial charge is 0.221 e. The maximum atomic E-state index is 9.80. The van der Waals surface area contributed by atoms with Crippen LogP contribution in [-0.4, -0.2) is 64.3 Å². The molecule has 0 amide bonds. The Kier molecular flexibility index (Phi) is 5.30. The van der Waals surface area contributed by atoms with Crippen LogP contribution in [0.1, 0.15) is 20.3 Å². The van der Waals surface area contributed by atoms with Crippen molar-refractivity contribution in [1.29, 1.82) is 0 Å². The van der Waals surface area contributed by atoms with Crippen molar-refractivity contribution in [2.45, 2.75) is 44.4 Å². The lowest BCUT2D eigenvalue weighted by Crippen LogP contribution is -2.63. The van der Waals surface area contributed by atoms with Crippen molar-refractivity contribution in [1.82, 2.24) is 0 Å². The lowest BCUT2D eigenvalue weighted by molar-refractivity contribution is -0.349. The van der Waals surface area contributed by atoms with Crippen molar-refractivity contribution in [3.8, 4) is 0 Å². The maximum absolute atomic E-state index is 9.80. The number of hydrogen-bond donors (Lipinski definition) is 4. The minimum atomic E-state index is -1.63. The van der Waals surface area contributed by atoms with Gasteiger partial charge >= 0.3 is 0 Å². The zero-order valence-electron chi connectivity index (χ0n) is 10.2. The maximum Gasteiger partial charge on any atom is 0.221 e. The molecule has 0 aromatic heterocycles. The molecular weight excluding hydrogens is 228 g/mol. The SMILES string of the molecule is CC(C)CCO[C@]1(CO)OC[C@@H](O)[C@@H](O)[C@@H]1O. The molecule has 0 aromatic rings. The van der Waals surface area contributed by atoms with E-state index in [1.165, 1.54) is 0 Å². The number of aliphatic hydroxyl groups excluding tert-OH is 4. The summed E-state index contributed by atoms with van der Waals surface area (Å²) in [6.07, 6.45) is -3.27. The molecule has 1 rings (SSSR count). The Morgan fingerprint density at radius 2 is 2.00 bits per heavy atom. The number of aliphatic hydroxyl groups is 4. The van der Waals surface area contributed by atoms with Gasteiger partial charge in [-0.05, 0) is 12.3 Å². The second-order valence-electron chi connectivity index (χ2n) is 4.81. The summed E-state index contributed by atoms with van der Waals surface area (Å²) in [5.74, 6) is -1.21. The zero-order valence-corrected chi connectivity index (χ0v) is 10.2. The topological polar surface area (TPSA) is 99.4 Å². The van der Waals surface area contributed by atoms with E-state index in [2.05, 4.69) is 0 Å². The van der Waals surface area contributed by atoms with E-state index in [1.54, 1.807) is 0 Å². The van der Waals surface area contributed by atoms with Crippen molar-refractivity contribution in [3.63, 3.8) is 0 Å². The minimum absolute atomic E-state index is 0.180. The normalized spacial score (nSPS) is 38.6. The number of hydrogen-bond acceptors (Lipinski definition) is 6. The van der Waals surface area contributed by atoms with Crippen molar-refractivity contribution in [2.24, 2.45) is 5.92 Å². The molecular formula is C11H22O6. The van der Waals surface area contributed by atoms with Gasteiger partial charge in [0.05, 0.1) is 13.2 Å². The van der Waals surface area contributed by atoms with Gasteiger partial charge < -0.3 is 29.9 Å². The molecule has 0 aromatic carbocycles. The van der Waals surface area contributed by atoms with Crippen LogP contribution < -0.4 is 0 Å². The van der Waals surface area contributed by atoms with E-state index < -0.39 is 30.7 Å². The lowest BCUT2D eigenvalue weighted by atomic mass is 9.97. The summed E-state index contributed by atoms with van der Waals surface area (Å²) in [5.41, 5.74) is 0. The van der Waals surface area contributed by atoms with Crippen LogP contribution in [0.4, 0.5) is 0 Å². The molecule has 0 bridgehead atoms. The van der Waals surface area contributed by atoms with Gasteiger partial charge in [0, 0.05) is 0 Å². The summed E-state index contributed by atoms with van der Waals surface area (Å²) >= 11 is 0. The summed E-state index contributed by atoms with van der Waals surface area (Å²) in [7, 11) is 0. The van der Waals surface area contributed by atoms with Gasteiger partial charge in [-0.3, -0.25) is 0 Å². The second kappa shape index (κ2) is 6.08. The molecule has 6 nitrogen and oxygen atoms in total. The first kappa shape index (κ1) is 14.8. The minimum Gasteiger partial charge on any atom is -0.391 e. The summed E-state index contributed by atoms with van der Waals surface area (Å²) in [6, 6.07) is 0. The highest BCUT2D eigenvalue weighted by atomic mass is 16.7. The van der Waals surface area contributed by atoms with Gasteiger partial charge in [-0.15, -0.1) is 0 Å². The summed E-state index contributed by atoms with van der Waals surface area (Å²) < 4.78 is 10.5. The summed E-state index contributed by atoms with van der Waals surface area (Å²) in [4.78, 5) is 0. The Balaban J connectivity index is 2.61. The van der Waals surface area contributed by atoms with Crippen LogP contribution in [0.5, 0.6) is 0 Å².